The molecule has 0 unspecified atom stereocenters. The number of hydrogen-bond acceptors (Lipinski definition) is 2. The molecular weight excluding hydrogens is 516 g/mol. The van der Waals surface area contributed by atoms with Gasteiger partial charge in [-0.1, -0.05) is 117 Å². The van der Waals surface area contributed by atoms with Crippen molar-refractivity contribution in [1.82, 2.24) is 0 Å². The summed E-state index contributed by atoms with van der Waals surface area (Å²) < 4.78 is 8.44. The minimum Gasteiger partial charge on any atom is -0.493 e. The topological polar surface area (TPSA) is 33.4 Å². The lowest BCUT2D eigenvalue weighted by atomic mass is 9.85. The summed E-state index contributed by atoms with van der Waals surface area (Å²) in [6, 6.07) is 20.3. The summed E-state index contributed by atoms with van der Waals surface area (Å²) in [4.78, 5) is 15.8. The highest BCUT2D eigenvalue weighted by Gasteiger charge is 2.23. The Morgan fingerprint density at radius 1 is 0.786 bits per heavy atom. The third-order valence-corrected chi connectivity index (χ3v) is 7.85. The van der Waals surface area contributed by atoms with Crippen molar-refractivity contribution in [2.24, 2.45) is 0 Å². The number of para-hydroxylation sites is 1. The van der Waals surface area contributed by atoms with E-state index in [-0.39, 0.29) is 11.3 Å². The average molecular weight is 572 g/mol. The molecule has 42 heavy (non-hydrogen) atoms. The van der Waals surface area contributed by atoms with Crippen molar-refractivity contribution < 1.29 is 14.1 Å². The number of nitrogens with zero attached hydrogens (tertiary/aromatic N) is 2. The van der Waals surface area contributed by atoms with Gasteiger partial charge in [-0.25, -0.2) is 4.57 Å². The lowest BCUT2D eigenvalue weighted by Gasteiger charge is -2.26. The van der Waals surface area contributed by atoms with E-state index < -0.39 is 0 Å². The fraction of sp³-hybridized carbons (Fsp3) is 0.526. The summed E-state index contributed by atoms with van der Waals surface area (Å²) in [5, 5.41) is 0. The standard InChI is InChI=1S/C38H55N2O2/c1-6-8-9-10-11-12-13-14-15-19-28-42-36-25-24-32(29-35(36)38(3,4)5)30-40(34-22-17-16-18-23-34)37(41)33-21-20-27-39(31-33)26-7-2/h16-18,20-25,27,29,31H,6-15,19,26,28,30H2,1-5H3/q+1. The van der Waals surface area contributed by atoms with E-state index in [4.69, 9.17) is 4.74 Å². The predicted octanol–water partition coefficient (Wildman–Crippen LogP) is 9.83. The molecule has 0 fully saturated rings. The number of rotatable bonds is 18. The Kier molecular flexibility index (Phi) is 14.1. The van der Waals surface area contributed by atoms with Gasteiger partial charge < -0.3 is 9.64 Å². The third kappa shape index (κ3) is 10.9. The lowest BCUT2D eigenvalue weighted by Crippen LogP contribution is -2.36. The van der Waals surface area contributed by atoms with Crippen LogP contribution in [0, 0.1) is 0 Å². The number of amides is 1. The maximum atomic E-state index is 13.9. The summed E-state index contributed by atoms with van der Waals surface area (Å²) in [7, 11) is 0. The molecule has 1 aromatic heterocycles. The zero-order valence-corrected chi connectivity index (χ0v) is 27.0. The molecule has 0 spiro atoms. The van der Waals surface area contributed by atoms with Gasteiger partial charge in [0.1, 0.15) is 17.9 Å². The zero-order chi connectivity index (χ0) is 30.2. The number of carbonyl (C=O) groups is 1. The van der Waals surface area contributed by atoms with Gasteiger partial charge in [0.2, 0.25) is 0 Å². The Balaban J connectivity index is 1.66. The number of unbranched alkanes of at least 4 members (excludes halogenated alkanes) is 9. The highest BCUT2D eigenvalue weighted by molar-refractivity contribution is 6.05. The minimum absolute atomic E-state index is 0.00486. The number of aryl methyl sites for hydroxylation is 1. The van der Waals surface area contributed by atoms with Gasteiger partial charge in [-0.3, -0.25) is 4.79 Å². The average Bonchev–Trinajstić information content (AvgIpc) is 2.99. The SMILES string of the molecule is CCCCCCCCCCCCOc1ccc(CN(C(=O)c2ccc[n+](CCC)c2)c2ccccc2)cc1C(C)(C)C. The Hall–Kier alpha value is -3.14. The summed E-state index contributed by atoms with van der Waals surface area (Å²) >= 11 is 0. The molecule has 0 N–H and O–H groups in total. The summed E-state index contributed by atoms with van der Waals surface area (Å²) in [5.41, 5.74) is 3.80. The molecule has 3 rings (SSSR count). The van der Waals surface area contributed by atoms with Crippen molar-refractivity contribution >= 4 is 11.6 Å². The first-order chi connectivity index (χ1) is 20.3. The largest absolute Gasteiger partial charge is 0.493 e. The second-order valence-electron chi connectivity index (χ2n) is 12.7. The number of pyridine rings is 1. The molecule has 2 aromatic carbocycles. The van der Waals surface area contributed by atoms with Gasteiger partial charge in [0.05, 0.1) is 13.2 Å². The van der Waals surface area contributed by atoms with Crippen LogP contribution in [0.5, 0.6) is 5.75 Å². The molecule has 0 bridgehead atoms. The molecule has 0 saturated carbocycles. The minimum atomic E-state index is -0.0736. The third-order valence-electron chi connectivity index (χ3n) is 7.85. The molecule has 3 aromatic rings. The number of anilines is 1. The molecular formula is C38H55N2O2+. The second kappa shape index (κ2) is 17.7. The number of hydrogen-bond donors (Lipinski definition) is 0. The van der Waals surface area contributed by atoms with Crippen molar-refractivity contribution in [3.63, 3.8) is 0 Å². The molecule has 1 amide bonds. The van der Waals surface area contributed by atoms with Crippen LogP contribution < -0.4 is 14.2 Å². The van der Waals surface area contributed by atoms with Crippen LogP contribution in [-0.4, -0.2) is 12.5 Å². The van der Waals surface area contributed by atoms with E-state index in [9.17, 15) is 4.79 Å². The van der Waals surface area contributed by atoms with Gasteiger partial charge in [0.15, 0.2) is 12.4 Å². The Morgan fingerprint density at radius 3 is 2.10 bits per heavy atom. The number of ether oxygens (including phenoxy) is 1. The fourth-order valence-electron chi connectivity index (χ4n) is 5.43. The first-order valence-corrected chi connectivity index (χ1v) is 16.5. The van der Waals surface area contributed by atoms with Crippen molar-refractivity contribution in [3.05, 3.63) is 89.7 Å². The van der Waals surface area contributed by atoms with E-state index in [1.54, 1.807) is 0 Å². The van der Waals surface area contributed by atoms with Crippen LogP contribution >= 0.6 is 0 Å². The van der Waals surface area contributed by atoms with Crippen LogP contribution in [0.25, 0.3) is 0 Å². The van der Waals surface area contributed by atoms with Crippen LogP contribution in [-0.2, 0) is 18.5 Å². The van der Waals surface area contributed by atoms with E-state index in [0.29, 0.717) is 12.1 Å². The van der Waals surface area contributed by atoms with Gasteiger partial charge in [-0.05, 0) is 53.3 Å². The fourth-order valence-corrected chi connectivity index (χ4v) is 5.43. The van der Waals surface area contributed by atoms with E-state index in [2.05, 4.69) is 57.4 Å². The van der Waals surface area contributed by atoms with Gasteiger partial charge in [-0.2, -0.15) is 0 Å². The molecule has 4 heteroatoms. The van der Waals surface area contributed by atoms with Gasteiger partial charge in [0.25, 0.3) is 5.91 Å². The highest BCUT2D eigenvalue weighted by Crippen LogP contribution is 2.33. The number of carbonyl (C=O) groups excluding carboxylic acids is 1. The van der Waals surface area contributed by atoms with E-state index in [0.717, 1.165) is 43.0 Å². The van der Waals surface area contributed by atoms with Crippen LogP contribution in [0.15, 0.2) is 73.1 Å². The molecule has 1 heterocycles. The summed E-state index contributed by atoms with van der Waals surface area (Å²) in [6.45, 7) is 13.3. The number of benzene rings is 2. The lowest BCUT2D eigenvalue weighted by molar-refractivity contribution is -0.697. The maximum absolute atomic E-state index is 13.9. The molecule has 0 aliphatic rings. The van der Waals surface area contributed by atoms with Crippen molar-refractivity contribution in [3.8, 4) is 5.75 Å². The van der Waals surface area contributed by atoms with Crippen LogP contribution in [0.3, 0.4) is 0 Å². The van der Waals surface area contributed by atoms with E-state index in [1.807, 2.05) is 59.8 Å². The smallest absolute Gasteiger partial charge is 0.264 e. The molecule has 0 aliphatic heterocycles. The Bertz CT molecular complexity index is 1200. The molecule has 4 nitrogen and oxygen atoms in total. The monoisotopic (exact) mass is 571 g/mol. The Morgan fingerprint density at radius 2 is 1.45 bits per heavy atom. The van der Waals surface area contributed by atoms with Crippen molar-refractivity contribution in [2.75, 3.05) is 11.5 Å². The van der Waals surface area contributed by atoms with Gasteiger partial charge in [-0.15, -0.1) is 0 Å². The molecule has 228 valence electrons. The molecule has 0 atom stereocenters. The summed E-state index contributed by atoms with van der Waals surface area (Å²) in [5.74, 6) is 0.966. The zero-order valence-electron chi connectivity index (χ0n) is 27.0. The highest BCUT2D eigenvalue weighted by atomic mass is 16.5. The predicted molar refractivity (Wildman–Crippen MR) is 176 cm³/mol. The van der Waals surface area contributed by atoms with Crippen LogP contribution in [0.1, 0.15) is 127 Å². The first kappa shape index (κ1) is 33.4. The second-order valence-corrected chi connectivity index (χ2v) is 12.7. The first-order valence-electron chi connectivity index (χ1n) is 16.5. The maximum Gasteiger partial charge on any atom is 0.264 e. The van der Waals surface area contributed by atoms with Crippen LogP contribution in [0.2, 0.25) is 0 Å². The van der Waals surface area contributed by atoms with E-state index >= 15 is 0 Å². The molecule has 0 aliphatic carbocycles. The number of aromatic nitrogens is 1. The van der Waals surface area contributed by atoms with E-state index in [1.165, 1.54) is 63.4 Å². The normalized spacial score (nSPS) is 11.5. The quantitative estimate of drug-likeness (QED) is 0.112. The Labute approximate surface area is 256 Å². The van der Waals surface area contributed by atoms with Crippen molar-refractivity contribution in [1.29, 1.82) is 0 Å². The summed E-state index contributed by atoms with van der Waals surface area (Å²) in [6.07, 6.45) is 18.2. The molecule has 0 radical (unpaired) electrons. The van der Waals surface area contributed by atoms with Crippen molar-refractivity contribution in [2.45, 2.75) is 124 Å². The van der Waals surface area contributed by atoms with Gasteiger partial charge >= 0.3 is 0 Å². The van der Waals surface area contributed by atoms with Crippen LogP contribution in [0.4, 0.5) is 5.69 Å². The van der Waals surface area contributed by atoms with Gasteiger partial charge in [0, 0.05) is 18.2 Å². The molecule has 0 saturated heterocycles.